The highest BCUT2D eigenvalue weighted by Gasteiger charge is 2.14. The van der Waals surface area contributed by atoms with Gasteiger partial charge in [0, 0.05) is 42.6 Å². The fourth-order valence-corrected chi connectivity index (χ4v) is 4.11. The molecule has 4 rings (SSSR count). The number of carbonyl (C=O) groups excluding carboxylic acids is 1. The number of benzene rings is 1. The molecule has 0 aliphatic heterocycles. The third kappa shape index (κ3) is 4.18. The Kier molecular flexibility index (Phi) is 6.03. The standard InChI is InChI=1S/C22H26N6OS/c1-15-18(16(2)28-21(24-15)25-22(26-28)30-3)9-10-20(29)23-12-6-13-27-14-11-17-7-4-5-8-19(17)27/h4-5,7-8,11,14H,6,9-10,12-13H2,1-3H3,(H,23,29). The summed E-state index contributed by atoms with van der Waals surface area (Å²) in [6, 6.07) is 10.5. The Morgan fingerprint density at radius 1 is 1.17 bits per heavy atom. The third-order valence-corrected chi connectivity index (χ3v) is 5.93. The van der Waals surface area contributed by atoms with Gasteiger partial charge in [0.15, 0.2) is 0 Å². The molecule has 0 fully saturated rings. The maximum atomic E-state index is 12.4. The highest BCUT2D eigenvalue weighted by atomic mass is 32.2. The number of hydrogen-bond acceptors (Lipinski definition) is 5. The topological polar surface area (TPSA) is 77.1 Å². The molecule has 0 aliphatic carbocycles. The molecule has 3 heterocycles. The molecule has 0 bridgehead atoms. The van der Waals surface area contributed by atoms with Gasteiger partial charge in [-0.15, -0.1) is 5.10 Å². The van der Waals surface area contributed by atoms with Crippen molar-refractivity contribution in [1.29, 1.82) is 0 Å². The molecule has 0 spiro atoms. The Morgan fingerprint density at radius 3 is 2.83 bits per heavy atom. The Morgan fingerprint density at radius 2 is 2.00 bits per heavy atom. The summed E-state index contributed by atoms with van der Waals surface area (Å²) < 4.78 is 4.00. The van der Waals surface area contributed by atoms with Gasteiger partial charge in [-0.3, -0.25) is 4.79 Å². The third-order valence-electron chi connectivity index (χ3n) is 5.39. The van der Waals surface area contributed by atoms with Gasteiger partial charge in [-0.1, -0.05) is 30.0 Å². The first kappa shape index (κ1) is 20.4. The lowest BCUT2D eigenvalue weighted by Gasteiger charge is -2.11. The SMILES string of the molecule is CSc1nc2nc(C)c(CCC(=O)NCCCn3ccc4ccccc43)c(C)n2n1. The van der Waals surface area contributed by atoms with Crippen LogP contribution in [0.5, 0.6) is 0 Å². The van der Waals surface area contributed by atoms with E-state index < -0.39 is 0 Å². The summed E-state index contributed by atoms with van der Waals surface area (Å²) in [7, 11) is 0. The molecule has 156 valence electrons. The number of para-hydroxylation sites is 1. The van der Waals surface area contributed by atoms with Gasteiger partial charge in [0.1, 0.15) is 0 Å². The quantitative estimate of drug-likeness (QED) is 0.347. The van der Waals surface area contributed by atoms with E-state index in [0.717, 1.165) is 29.9 Å². The molecule has 8 heteroatoms. The molecule has 0 saturated heterocycles. The summed E-state index contributed by atoms with van der Waals surface area (Å²) in [5, 5.41) is 9.46. The average Bonchev–Trinajstić information content (AvgIpc) is 3.35. The summed E-state index contributed by atoms with van der Waals surface area (Å²) in [4.78, 5) is 21.3. The smallest absolute Gasteiger partial charge is 0.253 e. The lowest BCUT2D eigenvalue weighted by atomic mass is 10.1. The zero-order chi connectivity index (χ0) is 21.1. The van der Waals surface area contributed by atoms with Crippen molar-refractivity contribution in [1.82, 2.24) is 29.5 Å². The number of carbonyl (C=O) groups is 1. The Bertz CT molecular complexity index is 1200. The first-order valence-electron chi connectivity index (χ1n) is 10.1. The van der Waals surface area contributed by atoms with Crippen LogP contribution in [0.4, 0.5) is 0 Å². The van der Waals surface area contributed by atoms with Crippen LogP contribution >= 0.6 is 11.8 Å². The van der Waals surface area contributed by atoms with Gasteiger partial charge in [-0.2, -0.15) is 4.98 Å². The van der Waals surface area contributed by atoms with E-state index in [1.165, 1.54) is 22.7 Å². The maximum absolute atomic E-state index is 12.4. The Labute approximate surface area is 179 Å². The van der Waals surface area contributed by atoms with E-state index in [2.05, 4.69) is 55.4 Å². The van der Waals surface area contributed by atoms with Crippen molar-refractivity contribution in [3.05, 3.63) is 53.5 Å². The number of aryl methyl sites for hydroxylation is 3. The lowest BCUT2D eigenvalue weighted by molar-refractivity contribution is -0.121. The number of rotatable bonds is 8. The predicted octanol–water partition coefficient (Wildman–Crippen LogP) is 3.56. The molecule has 0 atom stereocenters. The number of aromatic nitrogens is 5. The van der Waals surface area contributed by atoms with Crippen LogP contribution in [0.15, 0.2) is 41.7 Å². The van der Waals surface area contributed by atoms with Crippen LogP contribution in [0, 0.1) is 13.8 Å². The van der Waals surface area contributed by atoms with Crippen LogP contribution in [-0.2, 0) is 17.8 Å². The molecule has 3 aromatic heterocycles. The second-order valence-corrected chi connectivity index (χ2v) is 8.12. The second-order valence-electron chi connectivity index (χ2n) is 7.34. The predicted molar refractivity (Wildman–Crippen MR) is 120 cm³/mol. The number of amides is 1. The van der Waals surface area contributed by atoms with Gasteiger partial charge < -0.3 is 9.88 Å². The van der Waals surface area contributed by atoms with Crippen molar-refractivity contribution in [2.45, 2.75) is 44.8 Å². The molecule has 1 N–H and O–H groups in total. The van der Waals surface area contributed by atoms with E-state index in [1.807, 2.05) is 26.2 Å². The molecule has 30 heavy (non-hydrogen) atoms. The van der Waals surface area contributed by atoms with Crippen LogP contribution in [0.25, 0.3) is 16.7 Å². The van der Waals surface area contributed by atoms with Gasteiger partial charge >= 0.3 is 0 Å². The van der Waals surface area contributed by atoms with Gasteiger partial charge in [0.2, 0.25) is 11.1 Å². The molecule has 1 aromatic carbocycles. The fourth-order valence-electron chi connectivity index (χ4n) is 3.78. The summed E-state index contributed by atoms with van der Waals surface area (Å²) in [6.45, 7) is 5.53. The van der Waals surface area contributed by atoms with Crippen molar-refractivity contribution in [2.75, 3.05) is 12.8 Å². The number of nitrogens with zero attached hydrogens (tertiary/aromatic N) is 5. The highest BCUT2D eigenvalue weighted by Crippen LogP contribution is 2.18. The van der Waals surface area contributed by atoms with Crippen molar-refractivity contribution in [3.8, 4) is 0 Å². The molecule has 1 amide bonds. The molecule has 7 nitrogen and oxygen atoms in total. The molecule has 0 saturated carbocycles. The van der Waals surface area contributed by atoms with Gasteiger partial charge in [-0.25, -0.2) is 9.50 Å². The fraction of sp³-hybridized carbons (Fsp3) is 0.364. The summed E-state index contributed by atoms with van der Waals surface area (Å²) >= 11 is 1.49. The summed E-state index contributed by atoms with van der Waals surface area (Å²) in [5.74, 6) is 0.676. The zero-order valence-electron chi connectivity index (χ0n) is 17.6. The summed E-state index contributed by atoms with van der Waals surface area (Å²) in [5.41, 5.74) is 4.20. The first-order valence-corrected chi connectivity index (χ1v) is 11.4. The number of nitrogens with one attached hydrogen (secondary N) is 1. The van der Waals surface area contributed by atoms with Crippen molar-refractivity contribution >= 4 is 34.3 Å². The van der Waals surface area contributed by atoms with E-state index in [1.54, 1.807) is 4.52 Å². The van der Waals surface area contributed by atoms with E-state index in [9.17, 15) is 4.79 Å². The van der Waals surface area contributed by atoms with Crippen LogP contribution in [0.3, 0.4) is 0 Å². The molecule has 0 radical (unpaired) electrons. The number of thioether (sulfide) groups is 1. The monoisotopic (exact) mass is 422 g/mol. The van der Waals surface area contributed by atoms with Gasteiger partial charge in [0.25, 0.3) is 5.78 Å². The molecular formula is C22H26N6OS. The van der Waals surface area contributed by atoms with Gasteiger partial charge in [-0.05, 0) is 56.0 Å². The Hall–Kier alpha value is -2.87. The van der Waals surface area contributed by atoms with Crippen molar-refractivity contribution < 1.29 is 4.79 Å². The van der Waals surface area contributed by atoms with E-state index in [4.69, 9.17) is 0 Å². The van der Waals surface area contributed by atoms with Crippen LogP contribution < -0.4 is 5.32 Å². The largest absolute Gasteiger partial charge is 0.356 e. The number of hydrogen-bond donors (Lipinski definition) is 1. The van der Waals surface area contributed by atoms with E-state index in [0.29, 0.717) is 30.3 Å². The lowest BCUT2D eigenvalue weighted by Crippen LogP contribution is -2.25. The maximum Gasteiger partial charge on any atom is 0.253 e. The first-order chi connectivity index (χ1) is 14.6. The van der Waals surface area contributed by atoms with Crippen molar-refractivity contribution in [2.24, 2.45) is 0 Å². The molecule has 0 aliphatic rings. The minimum atomic E-state index is 0.0645. The van der Waals surface area contributed by atoms with Crippen molar-refractivity contribution in [3.63, 3.8) is 0 Å². The normalized spacial score (nSPS) is 11.4. The van der Waals surface area contributed by atoms with E-state index in [-0.39, 0.29) is 5.91 Å². The van der Waals surface area contributed by atoms with E-state index >= 15 is 0 Å². The second kappa shape index (κ2) is 8.87. The zero-order valence-corrected chi connectivity index (χ0v) is 18.4. The molecular weight excluding hydrogens is 396 g/mol. The minimum Gasteiger partial charge on any atom is -0.356 e. The average molecular weight is 423 g/mol. The minimum absolute atomic E-state index is 0.0645. The summed E-state index contributed by atoms with van der Waals surface area (Å²) in [6.07, 6.45) is 6.02. The molecule has 4 aromatic rings. The van der Waals surface area contributed by atoms with Crippen LogP contribution in [0.2, 0.25) is 0 Å². The van der Waals surface area contributed by atoms with Crippen LogP contribution in [0.1, 0.15) is 29.8 Å². The van der Waals surface area contributed by atoms with Gasteiger partial charge in [0.05, 0.1) is 0 Å². The highest BCUT2D eigenvalue weighted by molar-refractivity contribution is 7.98. The van der Waals surface area contributed by atoms with Crippen LogP contribution in [-0.4, -0.2) is 42.9 Å². The number of fused-ring (bicyclic) bond motifs is 2. The molecule has 0 unspecified atom stereocenters. The Balaban J connectivity index is 1.29.